The van der Waals surface area contributed by atoms with Crippen LogP contribution in [0.3, 0.4) is 0 Å². The number of alkyl halides is 3. The van der Waals surface area contributed by atoms with Crippen molar-refractivity contribution in [3.63, 3.8) is 0 Å². The second-order valence-electron chi connectivity index (χ2n) is 5.42. The van der Waals surface area contributed by atoms with Crippen LogP contribution < -0.4 is 4.74 Å². The third-order valence-electron chi connectivity index (χ3n) is 3.61. The minimum atomic E-state index is -4.34. The standard InChI is InChI=1S/C16H22F3NO2/c1-2-3-13-10-14(16(17,18)19)12-15(11-13)22-9-6-20-4-7-21-8-5-20/h10-12H,2-9H2,1H3. The summed E-state index contributed by atoms with van der Waals surface area (Å²) in [6, 6.07) is 3.99. The van der Waals surface area contributed by atoms with Crippen LogP contribution in [0.2, 0.25) is 0 Å². The number of aryl methyl sites for hydroxylation is 1. The van der Waals surface area contributed by atoms with E-state index in [1.807, 2.05) is 6.92 Å². The Labute approximate surface area is 129 Å². The van der Waals surface area contributed by atoms with Crippen LogP contribution in [0, 0.1) is 0 Å². The van der Waals surface area contributed by atoms with Gasteiger partial charge in [-0.05, 0) is 30.2 Å². The van der Waals surface area contributed by atoms with Gasteiger partial charge in [0.25, 0.3) is 0 Å². The average Bonchev–Trinajstić information content (AvgIpc) is 2.48. The number of hydrogen-bond donors (Lipinski definition) is 0. The van der Waals surface area contributed by atoms with Gasteiger partial charge in [0.15, 0.2) is 0 Å². The number of benzene rings is 1. The number of ether oxygens (including phenoxy) is 2. The van der Waals surface area contributed by atoms with Gasteiger partial charge in [0, 0.05) is 19.6 Å². The van der Waals surface area contributed by atoms with E-state index in [0.29, 0.717) is 44.1 Å². The topological polar surface area (TPSA) is 21.7 Å². The molecule has 22 heavy (non-hydrogen) atoms. The highest BCUT2D eigenvalue weighted by Crippen LogP contribution is 2.33. The lowest BCUT2D eigenvalue weighted by molar-refractivity contribution is -0.137. The summed E-state index contributed by atoms with van der Waals surface area (Å²) in [5.74, 6) is 0.298. The molecule has 1 saturated heterocycles. The summed E-state index contributed by atoms with van der Waals surface area (Å²) in [6.45, 7) is 6.10. The van der Waals surface area contributed by atoms with E-state index in [9.17, 15) is 13.2 Å². The molecule has 2 rings (SSSR count). The minimum absolute atomic E-state index is 0.298. The minimum Gasteiger partial charge on any atom is -0.492 e. The van der Waals surface area contributed by atoms with Crippen LogP contribution in [0.15, 0.2) is 18.2 Å². The predicted octanol–water partition coefficient (Wildman–Crippen LogP) is 3.37. The van der Waals surface area contributed by atoms with Gasteiger partial charge in [-0.3, -0.25) is 4.90 Å². The molecule has 1 aromatic carbocycles. The molecule has 0 aliphatic carbocycles. The highest BCUT2D eigenvalue weighted by molar-refractivity contribution is 5.36. The number of hydrogen-bond acceptors (Lipinski definition) is 3. The summed E-state index contributed by atoms with van der Waals surface area (Å²) in [5.41, 5.74) is 0.0264. The van der Waals surface area contributed by atoms with Crippen molar-refractivity contribution in [3.05, 3.63) is 29.3 Å². The molecule has 3 nitrogen and oxygen atoms in total. The van der Waals surface area contributed by atoms with Crippen molar-refractivity contribution in [3.8, 4) is 5.75 Å². The van der Waals surface area contributed by atoms with Crippen molar-refractivity contribution in [1.29, 1.82) is 0 Å². The van der Waals surface area contributed by atoms with E-state index in [1.54, 1.807) is 6.07 Å². The Morgan fingerprint density at radius 2 is 1.91 bits per heavy atom. The second-order valence-corrected chi connectivity index (χ2v) is 5.42. The van der Waals surface area contributed by atoms with Gasteiger partial charge in [-0.1, -0.05) is 13.3 Å². The summed E-state index contributed by atoms with van der Waals surface area (Å²) in [4.78, 5) is 2.18. The van der Waals surface area contributed by atoms with Gasteiger partial charge < -0.3 is 9.47 Å². The highest BCUT2D eigenvalue weighted by Gasteiger charge is 2.31. The quantitative estimate of drug-likeness (QED) is 0.803. The van der Waals surface area contributed by atoms with Crippen LogP contribution in [0.4, 0.5) is 13.2 Å². The molecule has 0 atom stereocenters. The van der Waals surface area contributed by atoms with E-state index < -0.39 is 11.7 Å². The largest absolute Gasteiger partial charge is 0.492 e. The van der Waals surface area contributed by atoms with Crippen molar-refractivity contribution >= 4 is 0 Å². The van der Waals surface area contributed by atoms with Crippen LogP contribution in [-0.2, 0) is 17.3 Å². The van der Waals surface area contributed by atoms with Crippen molar-refractivity contribution in [1.82, 2.24) is 4.90 Å². The van der Waals surface area contributed by atoms with Crippen molar-refractivity contribution in [2.45, 2.75) is 25.9 Å². The zero-order valence-corrected chi connectivity index (χ0v) is 12.8. The molecule has 0 radical (unpaired) electrons. The van der Waals surface area contributed by atoms with Crippen LogP contribution >= 0.6 is 0 Å². The molecule has 0 saturated carbocycles. The van der Waals surface area contributed by atoms with Crippen LogP contribution in [0.5, 0.6) is 5.75 Å². The first-order valence-corrected chi connectivity index (χ1v) is 7.63. The molecule has 1 fully saturated rings. The number of morpholine rings is 1. The molecule has 0 aromatic heterocycles. The Bertz CT molecular complexity index is 471. The third-order valence-corrected chi connectivity index (χ3v) is 3.61. The number of rotatable bonds is 6. The molecule has 0 bridgehead atoms. The van der Waals surface area contributed by atoms with Gasteiger partial charge in [-0.15, -0.1) is 0 Å². The van der Waals surface area contributed by atoms with Gasteiger partial charge in [-0.2, -0.15) is 13.2 Å². The molecule has 0 spiro atoms. The number of nitrogens with zero attached hydrogens (tertiary/aromatic N) is 1. The van der Waals surface area contributed by atoms with Gasteiger partial charge in [0.2, 0.25) is 0 Å². The Morgan fingerprint density at radius 3 is 2.55 bits per heavy atom. The summed E-state index contributed by atoms with van der Waals surface area (Å²) < 4.78 is 49.6. The lowest BCUT2D eigenvalue weighted by Crippen LogP contribution is -2.38. The fourth-order valence-electron chi connectivity index (χ4n) is 2.46. The lowest BCUT2D eigenvalue weighted by Gasteiger charge is -2.26. The van der Waals surface area contributed by atoms with Gasteiger partial charge in [0.05, 0.1) is 18.8 Å². The monoisotopic (exact) mass is 317 g/mol. The molecule has 1 heterocycles. The molecule has 0 unspecified atom stereocenters. The Balaban J connectivity index is 1.97. The van der Waals surface area contributed by atoms with E-state index in [2.05, 4.69) is 4.90 Å². The molecule has 1 aliphatic heterocycles. The normalized spacial score (nSPS) is 16.7. The van der Waals surface area contributed by atoms with Crippen LogP contribution in [0.25, 0.3) is 0 Å². The van der Waals surface area contributed by atoms with Crippen molar-refractivity contribution in [2.24, 2.45) is 0 Å². The van der Waals surface area contributed by atoms with Crippen molar-refractivity contribution < 1.29 is 22.6 Å². The molecule has 1 aromatic rings. The van der Waals surface area contributed by atoms with Gasteiger partial charge in [0.1, 0.15) is 12.4 Å². The molecule has 0 amide bonds. The predicted molar refractivity (Wildman–Crippen MR) is 78.2 cm³/mol. The second kappa shape index (κ2) is 7.83. The first-order chi connectivity index (χ1) is 10.5. The first kappa shape index (κ1) is 17.1. The van der Waals surface area contributed by atoms with E-state index in [-0.39, 0.29) is 0 Å². The van der Waals surface area contributed by atoms with Crippen molar-refractivity contribution in [2.75, 3.05) is 39.5 Å². The number of halogens is 3. The van der Waals surface area contributed by atoms with Crippen LogP contribution in [0.1, 0.15) is 24.5 Å². The maximum atomic E-state index is 12.9. The van der Waals surface area contributed by atoms with Crippen LogP contribution in [-0.4, -0.2) is 44.4 Å². The average molecular weight is 317 g/mol. The maximum absolute atomic E-state index is 12.9. The van der Waals surface area contributed by atoms with E-state index >= 15 is 0 Å². The first-order valence-electron chi connectivity index (χ1n) is 7.63. The molecule has 124 valence electrons. The molecule has 1 aliphatic rings. The van der Waals surface area contributed by atoms with E-state index in [4.69, 9.17) is 9.47 Å². The van der Waals surface area contributed by atoms with Gasteiger partial charge >= 0.3 is 6.18 Å². The van der Waals surface area contributed by atoms with Gasteiger partial charge in [-0.25, -0.2) is 0 Å². The zero-order chi connectivity index (χ0) is 16.0. The highest BCUT2D eigenvalue weighted by atomic mass is 19.4. The Morgan fingerprint density at radius 1 is 1.18 bits per heavy atom. The summed E-state index contributed by atoms with van der Waals surface area (Å²) >= 11 is 0. The fourth-order valence-corrected chi connectivity index (χ4v) is 2.46. The third kappa shape index (κ3) is 5.18. The smallest absolute Gasteiger partial charge is 0.416 e. The molecular weight excluding hydrogens is 295 g/mol. The molecule has 6 heteroatoms. The fraction of sp³-hybridized carbons (Fsp3) is 0.625. The maximum Gasteiger partial charge on any atom is 0.416 e. The van der Waals surface area contributed by atoms with E-state index in [1.165, 1.54) is 6.07 Å². The molecular formula is C16H22F3NO2. The Hall–Kier alpha value is -1.27. The summed E-state index contributed by atoms with van der Waals surface area (Å²) in [6.07, 6.45) is -2.93. The summed E-state index contributed by atoms with van der Waals surface area (Å²) in [7, 11) is 0. The SMILES string of the molecule is CCCc1cc(OCCN2CCOCC2)cc(C(F)(F)F)c1. The lowest BCUT2D eigenvalue weighted by atomic mass is 10.1. The zero-order valence-electron chi connectivity index (χ0n) is 12.8. The molecule has 0 N–H and O–H groups in total. The Kier molecular flexibility index (Phi) is 6.08. The van der Waals surface area contributed by atoms with E-state index in [0.717, 1.165) is 25.6 Å². The summed E-state index contributed by atoms with van der Waals surface area (Å²) in [5, 5.41) is 0.